The first kappa shape index (κ1) is 17.7. The predicted molar refractivity (Wildman–Crippen MR) is 53.2 cm³/mol. The fraction of sp³-hybridized carbons (Fsp3) is 0. The fourth-order valence-electron chi connectivity index (χ4n) is 0.919. The van der Waals surface area contributed by atoms with Gasteiger partial charge >= 0.3 is 5.97 Å². The first-order chi connectivity index (χ1) is 9.14. The van der Waals surface area contributed by atoms with Crippen LogP contribution in [-0.4, -0.2) is 5.97 Å². The highest BCUT2D eigenvalue weighted by molar-refractivity contribution is 5.90. The summed E-state index contributed by atoms with van der Waals surface area (Å²) in [6.45, 7) is 5.12. The molecular weight excluding hydrogens is 297 g/mol. The normalized spacial score (nSPS) is 9.35. The van der Waals surface area contributed by atoms with Gasteiger partial charge in [-0.2, -0.15) is 8.78 Å². The molecule has 1 aromatic carbocycles. The lowest BCUT2D eigenvalue weighted by atomic mass is 10.1. The summed E-state index contributed by atoms with van der Waals surface area (Å²) < 4.78 is 87.8. The number of hydrogen-bond acceptors (Lipinski definition) is 2. The van der Waals surface area contributed by atoms with E-state index in [2.05, 4.69) is 17.9 Å². The van der Waals surface area contributed by atoms with Gasteiger partial charge in [-0.15, -0.1) is 0 Å². The minimum Gasteiger partial charge on any atom is -0.431 e. The minimum absolute atomic E-state index is 0.500. The van der Waals surface area contributed by atoms with Crippen molar-refractivity contribution in [2.45, 2.75) is 0 Å². The van der Waals surface area contributed by atoms with Crippen molar-refractivity contribution in [1.82, 2.24) is 0 Å². The summed E-state index contributed by atoms with van der Waals surface area (Å²) in [5, 5.41) is 0. The van der Waals surface area contributed by atoms with E-state index in [1.54, 1.807) is 0 Å². The Morgan fingerprint density at radius 3 is 1.50 bits per heavy atom. The summed E-state index contributed by atoms with van der Waals surface area (Å²) in [5.74, 6) is -13.0. The van der Waals surface area contributed by atoms with Crippen LogP contribution < -0.4 is 0 Å². The van der Waals surface area contributed by atoms with Gasteiger partial charge in [-0.05, 0) is 6.58 Å². The van der Waals surface area contributed by atoms with Crippen LogP contribution in [0.1, 0.15) is 10.4 Å². The maximum absolute atomic E-state index is 12.9. The maximum Gasteiger partial charge on any atom is 0.349 e. The largest absolute Gasteiger partial charge is 0.431 e. The zero-order chi connectivity index (χ0) is 16.0. The summed E-state index contributed by atoms with van der Waals surface area (Å²) >= 11 is 0. The summed E-state index contributed by atoms with van der Waals surface area (Å²) in [5.41, 5.74) is -1.66. The number of carbonyl (C=O) groups is 1. The Labute approximate surface area is 107 Å². The second-order valence-corrected chi connectivity index (χ2v) is 2.86. The van der Waals surface area contributed by atoms with Crippen molar-refractivity contribution in [2.24, 2.45) is 0 Å². The number of carbonyl (C=O) groups excluding carboxylic acids is 1. The molecule has 0 bridgehead atoms. The van der Waals surface area contributed by atoms with E-state index in [-0.39, 0.29) is 0 Å². The first-order valence-electron chi connectivity index (χ1n) is 4.48. The van der Waals surface area contributed by atoms with Crippen LogP contribution in [0, 0.1) is 29.1 Å². The van der Waals surface area contributed by atoms with Crippen LogP contribution in [0.15, 0.2) is 25.5 Å². The zero-order valence-corrected chi connectivity index (χ0v) is 9.45. The molecule has 0 heterocycles. The van der Waals surface area contributed by atoms with E-state index in [4.69, 9.17) is 0 Å². The van der Waals surface area contributed by atoms with Gasteiger partial charge in [0.2, 0.25) is 5.82 Å². The molecule has 110 valence electrons. The molecule has 0 aromatic heterocycles. The Morgan fingerprint density at radius 1 is 0.900 bits per heavy atom. The molecule has 1 rings (SSSR count). The topological polar surface area (TPSA) is 26.3 Å². The van der Waals surface area contributed by atoms with Gasteiger partial charge in [0.25, 0.3) is 6.08 Å². The van der Waals surface area contributed by atoms with Crippen LogP contribution in [0.5, 0.6) is 0 Å². The number of rotatable bonds is 2. The molecule has 0 unspecified atom stereocenters. The van der Waals surface area contributed by atoms with Gasteiger partial charge in [0, 0.05) is 0 Å². The van der Waals surface area contributed by atoms with Crippen molar-refractivity contribution in [1.29, 1.82) is 0 Å². The highest BCUT2D eigenvalue weighted by Crippen LogP contribution is 2.23. The molecule has 0 radical (unpaired) electrons. The maximum atomic E-state index is 12.9. The Balaban J connectivity index is 0.000000796. The molecule has 0 atom stereocenters. The van der Waals surface area contributed by atoms with E-state index in [0.717, 1.165) is 0 Å². The van der Waals surface area contributed by atoms with E-state index < -0.39 is 46.7 Å². The van der Waals surface area contributed by atoms with Gasteiger partial charge in [-0.1, -0.05) is 6.58 Å². The van der Waals surface area contributed by atoms with Crippen LogP contribution >= 0.6 is 0 Å². The lowest BCUT2D eigenvalue weighted by Crippen LogP contribution is -2.13. The van der Waals surface area contributed by atoms with Gasteiger partial charge < -0.3 is 4.74 Å². The van der Waals surface area contributed by atoms with Crippen molar-refractivity contribution in [3.63, 3.8) is 0 Å². The number of hydrogen-bond donors (Lipinski definition) is 0. The smallest absolute Gasteiger partial charge is 0.349 e. The second-order valence-electron chi connectivity index (χ2n) is 2.86. The fourth-order valence-corrected chi connectivity index (χ4v) is 0.919. The molecule has 20 heavy (non-hydrogen) atoms. The van der Waals surface area contributed by atoms with Gasteiger partial charge in [0.15, 0.2) is 23.3 Å². The summed E-state index contributed by atoms with van der Waals surface area (Å²) in [6.07, 6.45) is -1.33. The third kappa shape index (κ3) is 4.11. The molecule has 0 spiro atoms. The van der Waals surface area contributed by atoms with Crippen LogP contribution in [0.2, 0.25) is 0 Å². The summed E-state index contributed by atoms with van der Waals surface area (Å²) in [4.78, 5) is 10.9. The zero-order valence-electron chi connectivity index (χ0n) is 9.45. The third-order valence-electron chi connectivity index (χ3n) is 1.60. The average molecular weight is 302 g/mol. The third-order valence-corrected chi connectivity index (χ3v) is 1.60. The van der Waals surface area contributed by atoms with Crippen molar-refractivity contribution < 1.29 is 40.3 Å². The van der Waals surface area contributed by atoms with Crippen molar-refractivity contribution in [3.05, 3.63) is 60.2 Å². The number of halogens is 7. The molecule has 0 aliphatic carbocycles. The van der Waals surface area contributed by atoms with Crippen LogP contribution in [0.3, 0.4) is 0 Å². The standard InChI is InChI=1S/C9H3F5O2.C2H2F2/c1-2-16-9(15)3-4(10)6(12)8(14)7(13)5(3)11;1-2(3)4/h2H,1H2;1H2. The highest BCUT2D eigenvalue weighted by atomic mass is 19.3. The second kappa shape index (κ2) is 7.31. The minimum atomic E-state index is -2.34. The highest BCUT2D eigenvalue weighted by Gasteiger charge is 2.30. The molecular formula is C11H5F7O2. The Bertz CT molecular complexity index is 521. The first-order valence-corrected chi connectivity index (χ1v) is 4.48. The van der Waals surface area contributed by atoms with E-state index >= 15 is 0 Å². The van der Waals surface area contributed by atoms with Gasteiger partial charge in [0.1, 0.15) is 5.56 Å². The van der Waals surface area contributed by atoms with Crippen molar-refractivity contribution in [3.8, 4) is 0 Å². The lowest BCUT2D eigenvalue weighted by Gasteiger charge is -2.05. The summed E-state index contributed by atoms with van der Waals surface area (Å²) in [7, 11) is 0. The number of esters is 1. The summed E-state index contributed by atoms with van der Waals surface area (Å²) in [6, 6.07) is 0. The molecule has 0 N–H and O–H groups in total. The molecule has 0 aliphatic rings. The van der Waals surface area contributed by atoms with E-state index in [0.29, 0.717) is 6.26 Å². The van der Waals surface area contributed by atoms with Crippen molar-refractivity contribution >= 4 is 5.97 Å². The van der Waals surface area contributed by atoms with Crippen molar-refractivity contribution in [2.75, 3.05) is 0 Å². The molecule has 2 nitrogen and oxygen atoms in total. The molecule has 0 aliphatic heterocycles. The van der Waals surface area contributed by atoms with E-state index in [1.165, 1.54) is 0 Å². The van der Waals surface area contributed by atoms with Crippen LogP contribution in [0.4, 0.5) is 30.7 Å². The lowest BCUT2D eigenvalue weighted by molar-refractivity contribution is 0.0650. The average Bonchev–Trinajstić information content (AvgIpc) is 2.34. The van der Waals surface area contributed by atoms with Crippen LogP contribution in [0.25, 0.3) is 0 Å². The van der Waals surface area contributed by atoms with Crippen LogP contribution in [-0.2, 0) is 4.74 Å². The molecule has 0 saturated carbocycles. The predicted octanol–water partition coefficient (Wildman–Crippen LogP) is 4.08. The van der Waals surface area contributed by atoms with Gasteiger partial charge in [0.05, 0.1) is 6.26 Å². The molecule has 0 saturated heterocycles. The van der Waals surface area contributed by atoms with Gasteiger partial charge in [-0.3, -0.25) is 0 Å². The van der Waals surface area contributed by atoms with Gasteiger partial charge in [-0.25, -0.2) is 26.7 Å². The molecule has 9 heteroatoms. The molecule has 1 aromatic rings. The monoisotopic (exact) mass is 302 g/mol. The Kier molecular flexibility index (Phi) is 6.47. The molecule has 0 fully saturated rings. The van der Waals surface area contributed by atoms with E-state index in [9.17, 15) is 35.5 Å². The number of benzene rings is 1. The SMILES string of the molecule is C=C(F)F.C=COC(=O)c1c(F)c(F)c(F)c(F)c1F. The van der Waals surface area contributed by atoms with E-state index in [1.807, 2.05) is 0 Å². The quantitative estimate of drug-likeness (QED) is 0.270. The Hall–Kier alpha value is -2.32. The number of ether oxygens (including phenoxy) is 1. The Morgan fingerprint density at radius 2 is 1.20 bits per heavy atom. The molecule has 0 amide bonds.